The zero-order valence-electron chi connectivity index (χ0n) is 15.5. The van der Waals surface area contributed by atoms with Crippen LogP contribution < -0.4 is 4.90 Å². The Morgan fingerprint density at radius 2 is 1.85 bits per heavy atom. The summed E-state index contributed by atoms with van der Waals surface area (Å²) in [6.45, 7) is 8.05. The molecule has 8 heteroatoms. The maximum atomic E-state index is 4.66. The van der Waals surface area contributed by atoms with Gasteiger partial charge in [0.15, 0.2) is 11.6 Å². The molecule has 0 N–H and O–H groups in total. The molecule has 136 valence electrons. The van der Waals surface area contributed by atoms with E-state index in [9.17, 15) is 0 Å². The highest BCUT2D eigenvalue weighted by atomic mass is 15.5. The van der Waals surface area contributed by atoms with Gasteiger partial charge in [-0.15, -0.1) is 10.2 Å². The van der Waals surface area contributed by atoms with Gasteiger partial charge in [-0.3, -0.25) is 4.98 Å². The number of pyridine rings is 2. The lowest BCUT2D eigenvalue weighted by atomic mass is 10.2. The van der Waals surface area contributed by atoms with E-state index >= 15 is 0 Å². The van der Waals surface area contributed by atoms with Crippen molar-refractivity contribution in [3.05, 3.63) is 48.7 Å². The summed E-state index contributed by atoms with van der Waals surface area (Å²) in [6.07, 6.45) is 5.31. The molecule has 0 aromatic carbocycles. The molecule has 3 aromatic rings. The molecule has 8 nitrogen and oxygen atoms in total. The molecule has 0 fully saturated rings. The van der Waals surface area contributed by atoms with Gasteiger partial charge in [-0.05, 0) is 45.0 Å². The molecule has 0 aliphatic carbocycles. The van der Waals surface area contributed by atoms with Crippen molar-refractivity contribution in [2.45, 2.75) is 20.8 Å². The lowest BCUT2D eigenvalue weighted by Crippen LogP contribution is -2.21. The molecule has 4 heterocycles. The molecule has 0 unspecified atom stereocenters. The van der Waals surface area contributed by atoms with Crippen molar-refractivity contribution in [1.82, 2.24) is 24.8 Å². The number of nitrogens with zero attached hydrogens (tertiary/aromatic N) is 8. The standard InChI is InChI=1S/C19H20N8/c1-4-26(5-2)15-8-9-16(21-12-15)22-17-13(3)25-27-18(23-24-19(17)27)14-7-6-10-20-11-14/h6-12H,4-5H2,1-3H3. The second-order valence-electron chi connectivity index (χ2n) is 6.09. The zero-order chi connectivity index (χ0) is 18.8. The molecule has 0 saturated heterocycles. The molecular weight excluding hydrogens is 340 g/mol. The van der Waals surface area contributed by atoms with Crippen LogP contribution in [0.25, 0.3) is 11.4 Å². The monoisotopic (exact) mass is 360 g/mol. The summed E-state index contributed by atoms with van der Waals surface area (Å²) in [5.41, 5.74) is 3.40. The Balaban J connectivity index is 1.67. The fourth-order valence-electron chi connectivity index (χ4n) is 3.02. The number of hydrogen-bond acceptors (Lipinski definition) is 7. The average Bonchev–Trinajstić information content (AvgIpc) is 3.24. The van der Waals surface area contributed by atoms with Crippen molar-refractivity contribution >= 4 is 22.9 Å². The van der Waals surface area contributed by atoms with Crippen molar-refractivity contribution in [2.75, 3.05) is 18.0 Å². The number of anilines is 1. The van der Waals surface area contributed by atoms with Crippen LogP contribution in [0.1, 0.15) is 26.6 Å². The number of aromatic nitrogens is 5. The third kappa shape index (κ3) is 3.10. The Morgan fingerprint density at radius 1 is 1.04 bits per heavy atom. The Labute approximate surface area is 157 Å². The quantitative estimate of drug-likeness (QED) is 0.698. The predicted octanol–water partition coefficient (Wildman–Crippen LogP) is 2.94. The minimum Gasteiger partial charge on any atom is -0.371 e. The second kappa shape index (κ2) is 7.06. The smallest absolute Gasteiger partial charge is 0.205 e. The highest BCUT2D eigenvalue weighted by Gasteiger charge is 2.26. The van der Waals surface area contributed by atoms with E-state index in [0.29, 0.717) is 23.2 Å². The Hall–Kier alpha value is -3.42. The van der Waals surface area contributed by atoms with E-state index in [2.05, 4.69) is 49.0 Å². The van der Waals surface area contributed by atoms with Crippen LogP contribution in [0.2, 0.25) is 0 Å². The van der Waals surface area contributed by atoms with Crippen molar-refractivity contribution in [1.29, 1.82) is 0 Å². The normalized spacial score (nSPS) is 14.3. The second-order valence-corrected chi connectivity index (χ2v) is 6.09. The van der Waals surface area contributed by atoms with Gasteiger partial charge in [-0.2, -0.15) is 9.78 Å². The number of fused-ring (bicyclic) bond motifs is 1. The average molecular weight is 360 g/mol. The lowest BCUT2D eigenvalue weighted by molar-refractivity contribution is 0.862. The van der Waals surface area contributed by atoms with Gasteiger partial charge in [0.1, 0.15) is 5.71 Å². The van der Waals surface area contributed by atoms with E-state index in [1.54, 1.807) is 17.1 Å². The summed E-state index contributed by atoms with van der Waals surface area (Å²) in [7, 11) is 0. The maximum absolute atomic E-state index is 4.66. The summed E-state index contributed by atoms with van der Waals surface area (Å²) in [5.74, 6) is 1.88. The summed E-state index contributed by atoms with van der Waals surface area (Å²) in [4.78, 5) is 15.5. The molecule has 0 radical (unpaired) electrons. The first-order valence-electron chi connectivity index (χ1n) is 8.93. The van der Waals surface area contributed by atoms with Gasteiger partial charge < -0.3 is 4.90 Å². The van der Waals surface area contributed by atoms with Crippen LogP contribution >= 0.6 is 0 Å². The fourth-order valence-corrected chi connectivity index (χ4v) is 3.02. The highest BCUT2D eigenvalue weighted by molar-refractivity contribution is 6.48. The van der Waals surface area contributed by atoms with Crippen molar-refractivity contribution < 1.29 is 0 Å². The summed E-state index contributed by atoms with van der Waals surface area (Å²) in [5, 5.41) is 13.1. The molecule has 0 amide bonds. The first kappa shape index (κ1) is 17.0. The van der Waals surface area contributed by atoms with Crippen LogP contribution in [0.15, 0.2) is 52.9 Å². The Morgan fingerprint density at radius 3 is 2.52 bits per heavy atom. The number of aliphatic imine (C=N–C) groups is 1. The SMILES string of the molecule is CCN(CC)c1ccc(N=C2C(C)=Nn3c2nnc3-c2cccnc2)nc1. The molecule has 1 aliphatic heterocycles. The van der Waals surface area contributed by atoms with Crippen LogP contribution in [0.4, 0.5) is 11.5 Å². The topological polar surface area (TPSA) is 84.5 Å². The Kier molecular flexibility index (Phi) is 4.45. The summed E-state index contributed by atoms with van der Waals surface area (Å²) >= 11 is 0. The molecule has 27 heavy (non-hydrogen) atoms. The molecule has 1 aliphatic rings. The summed E-state index contributed by atoms with van der Waals surface area (Å²) in [6, 6.07) is 7.73. The van der Waals surface area contributed by atoms with E-state index in [-0.39, 0.29) is 0 Å². The fraction of sp³-hybridized carbons (Fsp3) is 0.263. The molecule has 3 aromatic heterocycles. The summed E-state index contributed by atoms with van der Waals surface area (Å²) < 4.78 is 1.70. The van der Waals surface area contributed by atoms with E-state index < -0.39 is 0 Å². The van der Waals surface area contributed by atoms with Gasteiger partial charge in [0.2, 0.25) is 5.82 Å². The van der Waals surface area contributed by atoms with Crippen molar-refractivity contribution in [3.8, 4) is 11.4 Å². The van der Waals surface area contributed by atoms with Crippen LogP contribution in [-0.4, -0.2) is 49.4 Å². The van der Waals surface area contributed by atoms with Crippen molar-refractivity contribution in [2.24, 2.45) is 10.1 Å². The number of hydrogen-bond donors (Lipinski definition) is 0. The van der Waals surface area contributed by atoms with Gasteiger partial charge in [0, 0.05) is 31.0 Å². The molecule has 0 atom stereocenters. The third-order valence-electron chi connectivity index (χ3n) is 4.45. The third-order valence-corrected chi connectivity index (χ3v) is 4.45. The maximum Gasteiger partial charge on any atom is 0.205 e. The molecule has 4 rings (SSSR count). The Bertz CT molecular complexity index is 998. The molecular formula is C19H20N8. The molecule has 0 spiro atoms. The van der Waals surface area contributed by atoms with Crippen molar-refractivity contribution in [3.63, 3.8) is 0 Å². The van der Waals surface area contributed by atoms with Gasteiger partial charge in [-0.1, -0.05) is 0 Å². The minimum absolute atomic E-state index is 0.612. The van der Waals surface area contributed by atoms with E-state index in [1.807, 2.05) is 37.4 Å². The molecule has 0 bridgehead atoms. The van der Waals surface area contributed by atoms with E-state index in [1.165, 1.54) is 0 Å². The van der Waals surface area contributed by atoms with Crippen LogP contribution in [-0.2, 0) is 0 Å². The number of rotatable bonds is 5. The van der Waals surface area contributed by atoms with Gasteiger partial charge in [-0.25, -0.2) is 9.98 Å². The van der Waals surface area contributed by atoms with Crippen LogP contribution in [0, 0.1) is 0 Å². The lowest BCUT2D eigenvalue weighted by Gasteiger charge is -2.20. The predicted molar refractivity (Wildman–Crippen MR) is 106 cm³/mol. The largest absolute Gasteiger partial charge is 0.371 e. The van der Waals surface area contributed by atoms with Gasteiger partial charge >= 0.3 is 0 Å². The van der Waals surface area contributed by atoms with Crippen LogP contribution in [0.5, 0.6) is 0 Å². The van der Waals surface area contributed by atoms with Gasteiger partial charge in [0.25, 0.3) is 0 Å². The first-order valence-corrected chi connectivity index (χ1v) is 8.93. The molecule has 0 saturated carbocycles. The highest BCUT2D eigenvalue weighted by Crippen LogP contribution is 2.23. The van der Waals surface area contributed by atoms with Gasteiger partial charge in [0.05, 0.1) is 17.6 Å². The minimum atomic E-state index is 0.612. The van der Waals surface area contributed by atoms with E-state index in [4.69, 9.17) is 0 Å². The zero-order valence-corrected chi connectivity index (χ0v) is 15.5. The first-order chi connectivity index (χ1) is 13.2. The van der Waals surface area contributed by atoms with E-state index in [0.717, 1.165) is 30.1 Å². The van der Waals surface area contributed by atoms with Crippen LogP contribution in [0.3, 0.4) is 0 Å².